The van der Waals surface area contributed by atoms with Crippen molar-refractivity contribution in [3.8, 4) is 11.5 Å². The van der Waals surface area contributed by atoms with Crippen LogP contribution in [0.3, 0.4) is 0 Å². The Bertz CT molecular complexity index is 580. The molecule has 2 N–H and O–H groups in total. The van der Waals surface area contributed by atoms with Crippen molar-refractivity contribution >= 4 is 27.8 Å². The quantitative estimate of drug-likeness (QED) is 0.882. The zero-order chi connectivity index (χ0) is 13.1. The van der Waals surface area contributed by atoms with Gasteiger partial charge in [0.1, 0.15) is 0 Å². The lowest BCUT2D eigenvalue weighted by atomic mass is 10.2. The molecule has 0 aliphatic rings. The summed E-state index contributed by atoms with van der Waals surface area (Å²) in [4.78, 5) is 15.6. The second-order valence-corrected chi connectivity index (χ2v) is 4.38. The van der Waals surface area contributed by atoms with Crippen molar-refractivity contribution in [3.63, 3.8) is 0 Å². The fourth-order valence-corrected chi connectivity index (χ4v) is 1.82. The van der Waals surface area contributed by atoms with Gasteiger partial charge in [0, 0.05) is 10.0 Å². The molecule has 0 radical (unpaired) electrons. The van der Waals surface area contributed by atoms with Gasteiger partial charge in [0.25, 0.3) is 0 Å². The predicted molar refractivity (Wildman–Crippen MR) is 70.0 cm³/mol. The maximum atomic E-state index is 11.5. The summed E-state index contributed by atoms with van der Waals surface area (Å²) in [5.74, 6) is -0.333. The highest BCUT2D eigenvalue weighted by Crippen LogP contribution is 2.26. The highest BCUT2D eigenvalue weighted by atomic mass is 79.9. The summed E-state index contributed by atoms with van der Waals surface area (Å²) in [6.45, 7) is 1.97. The number of oxazole rings is 1. The SMILES string of the molecule is CCOC(=O)c1nc(-c2cccc(Br)c2)oc1N. The number of rotatable bonds is 3. The lowest BCUT2D eigenvalue weighted by Gasteiger charge is -1.96. The number of halogens is 1. The number of hydrogen-bond donors (Lipinski definition) is 1. The molecule has 94 valence electrons. The van der Waals surface area contributed by atoms with Crippen molar-refractivity contribution in [3.05, 3.63) is 34.4 Å². The number of nitrogen functional groups attached to an aromatic ring is 1. The Hall–Kier alpha value is -1.82. The first-order valence-electron chi connectivity index (χ1n) is 5.31. The molecular formula is C12H11BrN2O3. The summed E-state index contributed by atoms with van der Waals surface area (Å²) in [6.07, 6.45) is 0. The average Bonchev–Trinajstić information content (AvgIpc) is 2.72. The normalized spacial score (nSPS) is 10.3. The Morgan fingerprint density at radius 1 is 1.56 bits per heavy atom. The summed E-state index contributed by atoms with van der Waals surface area (Å²) in [5.41, 5.74) is 6.34. The van der Waals surface area contributed by atoms with E-state index in [2.05, 4.69) is 20.9 Å². The number of nitrogens with two attached hydrogens (primary N) is 1. The third-order valence-corrected chi connectivity index (χ3v) is 2.69. The smallest absolute Gasteiger partial charge is 0.362 e. The number of carbonyl (C=O) groups excluding carboxylic acids is 1. The van der Waals surface area contributed by atoms with Gasteiger partial charge in [-0.1, -0.05) is 22.0 Å². The number of nitrogens with zero attached hydrogens (tertiary/aromatic N) is 1. The van der Waals surface area contributed by atoms with E-state index >= 15 is 0 Å². The number of hydrogen-bond acceptors (Lipinski definition) is 5. The molecule has 5 nitrogen and oxygen atoms in total. The summed E-state index contributed by atoms with van der Waals surface area (Å²) >= 11 is 3.35. The Kier molecular flexibility index (Phi) is 3.66. The van der Waals surface area contributed by atoms with Crippen LogP contribution in [0.5, 0.6) is 0 Å². The first-order chi connectivity index (χ1) is 8.61. The minimum Gasteiger partial charge on any atom is -0.461 e. The Morgan fingerprint density at radius 3 is 3.00 bits per heavy atom. The third-order valence-electron chi connectivity index (χ3n) is 2.19. The van der Waals surface area contributed by atoms with Gasteiger partial charge in [0.2, 0.25) is 17.5 Å². The van der Waals surface area contributed by atoms with Gasteiger partial charge in [-0.25, -0.2) is 4.79 Å². The highest BCUT2D eigenvalue weighted by Gasteiger charge is 2.19. The van der Waals surface area contributed by atoms with E-state index in [1.807, 2.05) is 24.3 Å². The summed E-state index contributed by atoms with van der Waals surface area (Å²) < 4.78 is 11.0. The predicted octanol–water partition coefficient (Wildman–Crippen LogP) is 2.86. The third kappa shape index (κ3) is 2.53. The molecule has 2 rings (SSSR count). The number of aromatic nitrogens is 1. The lowest BCUT2D eigenvalue weighted by molar-refractivity contribution is 0.0521. The molecule has 1 aromatic heterocycles. The van der Waals surface area contributed by atoms with Crippen LogP contribution >= 0.6 is 15.9 Å². The van der Waals surface area contributed by atoms with Crippen molar-refractivity contribution in [2.45, 2.75) is 6.92 Å². The van der Waals surface area contributed by atoms with E-state index in [4.69, 9.17) is 14.9 Å². The summed E-state index contributed by atoms with van der Waals surface area (Å²) in [5, 5.41) is 0. The van der Waals surface area contributed by atoms with Gasteiger partial charge in [0.15, 0.2) is 0 Å². The fourth-order valence-electron chi connectivity index (χ4n) is 1.42. The minimum atomic E-state index is -0.583. The maximum absolute atomic E-state index is 11.5. The zero-order valence-corrected chi connectivity index (χ0v) is 11.2. The molecule has 0 aliphatic heterocycles. The molecule has 0 fully saturated rings. The Labute approximate surface area is 112 Å². The fraction of sp³-hybridized carbons (Fsp3) is 0.167. The van der Waals surface area contributed by atoms with Crippen LogP contribution in [-0.4, -0.2) is 17.6 Å². The van der Waals surface area contributed by atoms with E-state index in [1.54, 1.807) is 6.92 Å². The van der Waals surface area contributed by atoms with Crippen molar-refractivity contribution in [2.75, 3.05) is 12.3 Å². The number of anilines is 1. The van der Waals surface area contributed by atoms with E-state index in [0.717, 1.165) is 10.0 Å². The molecule has 0 amide bonds. The van der Waals surface area contributed by atoms with Crippen molar-refractivity contribution < 1.29 is 13.9 Å². The first kappa shape index (κ1) is 12.6. The summed E-state index contributed by atoms with van der Waals surface area (Å²) in [7, 11) is 0. The van der Waals surface area contributed by atoms with Crippen molar-refractivity contribution in [2.24, 2.45) is 0 Å². The monoisotopic (exact) mass is 310 g/mol. The van der Waals surface area contributed by atoms with Crippen LogP contribution in [0.25, 0.3) is 11.5 Å². The largest absolute Gasteiger partial charge is 0.461 e. The van der Waals surface area contributed by atoms with Crippen LogP contribution in [0.1, 0.15) is 17.4 Å². The van der Waals surface area contributed by atoms with E-state index < -0.39 is 5.97 Å². The molecule has 6 heteroatoms. The minimum absolute atomic E-state index is 0.00632. The standard InChI is InChI=1S/C12H11BrN2O3/c1-2-17-12(16)9-10(14)18-11(15-9)7-4-3-5-8(13)6-7/h3-6H,2,14H2,1H3. The summed E-state index contributed by atoms with van der Waals surface area (Å²) in [6, 6.07) is 7.34. The van der Waals surface area contributed by atoms with Gasteiger partial charge in [-0.15, -0.1) is 0 Å². The Morgan fingerprint density at radius 2 is 2.33 bits per heavy atom. The average molecular weight is 311 g/mol. The highest BCUT2D eigenvalue weighted by molar-refractivity contribution is 9.10. The molecular weight excluding hydrogens is 300 g/mol. The van der Waals surface area contributed by atoms with Gasteiger partial charge in [0.05, 0.1) is 6.61 Å². The number of ether oxygens (including phenoxy) is 1. The molecule has 0 bridgehead atoms. The molecule has 2 aromatic rings. The number of carbonyl (C=O) groups is 1. The van der Waals surface area contributed by atoms with Crippen LogP contribution in [0.2, 0.25) is 0 Å². The lowest BCUT2D eigenvalue weighted by Crippen LogP contribution is -2.07. The molecule has 0 unspecified atom stereocenters. The molecule has 1 heterocycles. The van der Waals surface area contributed by atoms with E-state index in [-0.39, 0.29) is 24.1 Å². The van der Waals surface area contributed by atoms with Crippen LogP contribution in [0.15, 0.2) is 33.2 Å². The van der Waals surface area contributed by atoms with E-state index in [9.17, 15) is 4.79 Å². The van der Waals surface area contributed by atoms with Gasteiger partial charge in [-0.3, -0.25) is 0 Å². The van der Waals surface area contributed by atoms with Crippen molar-refractivity contribution in [1.82, 2.24) is 4.98 Å². The second kappa shape index (κ2) is 5.22. The molecule has 0 atom stereocenters. The topological polar surface area (TPSA) is 78.3 Å². The molecule has 0 saturated carbocycles. The zero-order valence-electron chi connectivity index (χ0n) is 9.64. The second-order valence-electron chi connectivity index (χ2n) is 3.46. The molecule has 0 spiro atoms. The van der Waals surface area contributed by atoms with E-state index in [0.29, 0.717) is 0 Å². The molecule has 18 heavy (non-hydrogen) atoms. The van der Waals surface area contributed by atoms with Gasteiger partial charge < -0.3 is 14.9 Å². The van der Waals surface area contributed by atoms with Crippen molar-refractivity contribution in [1.29, 1.82) is 0 Å². The van der Waals surface area contributed by atoms with Gasteiger partial charge in [-0.2, -0.15) is 4.98 Å². The Balaban J connectivity index is 2.37. The van der Waals surface area contributed by atoms with Crippen LogP contribution < -0.4 is 5.73 Å². The van der Waals surface area contributed by atoms with Crippen LogP contribution in [-0.2, 0) is 4.74 Å². The van der Waals surface area contributed by atoms with Gasteiger partial charge in [-0.05, 0) is 25.1 Å². The number of esters is 1. The first-order valence-corrected chi connectivity index (χ1v) is 6.10. The van der Waals surface area contributed by atoms with Crippen LogP contribution in [0, 0.1) is 0 Å². The maximum Gasteiger partial charge on any atom is 0.362 e. The number of benzene rings is 1. The molecule has 0 aliphatic carbocycles. The molecule has 0 saturated heterocycles. The molecule has 1 aromatic carbocycles. The van der Waals surface area contributed by atoms with Crippen LogP contribution in [0.4, 0.5) is 5.88 Å². The van der Waals surface area contributed by atoms with Gasteiger partial charge >= 0.3 is 5.97 Å². The van der Waals surface area contributed by atoms with E-state index in [1.165, 1.54) is 0 Å².